The van der Waals surface area contributed by atoms with Crippen LogP contribution in [0.1, 0.15) is 19.3 Å². The normalized spacial score (nSPS) is 26.3. The Balaban J connectivity index is 1.78. The quantitative estimate of drug-likeness (QED) is 0.628. The van der Waals surface area contributed by atoms with Gasteiger partial charge in [0.15, 0.2) is 0 Å². The zero-order valence-electron chi connectivity index (χ0n) is 10.6. The summed E-state index contributed by atoms with van der Waals surface area (Å²) in [5.74, 6) is 0.684. The summed E-state index contributed by atoms with van der Waals surface area (Å²) in [7, 11) is 0. The Hall–Kier alpha value is -1.89. The molecule has 2 unspecified atom stereocenters. The highest BCUT2D eigenvalue weighted by atomic mass is 16.6. The molecular formula is C12H17N5O2. The van der Waals surface area contributed by atoms with Crippen molar-refractivity contribution < 1.29 is 4.92 Å². The zero-order chi connectivity index (χ0) is 13.4. The van der Waals surface area contributed by atoms with Crippen LogP contribution >= 0.6 is 0 Å². The lowest BCUT2D eigenvalue weighted by Crippen LogP contribution is -2.34. The Labute approximate surface area is 110 Å². The van der Waals surface area contributed by atoms with E-state index in [1.54, 1.807) is 0 Å². The highest BCUT2D eigenvalue weighted by molar-refractivity contribution is 5.53. The van der Waals surface area contributed by atoms with Crippen LogP contribution in [-0.4, -0.2) is 40.0 Å². The van der Waals surface area contributed by atoms with E-state index in [1.165, 1.54) is 25.0 Å². The molecule has 7 nitrogen and oxygen atoms in total. The number of nitrogens with two attached hydrogens (primary N) is 1. The molecule has 0 aliphatic carbocycles. The van der Waals surface area contributed by atoms with Crippen molar-refractivity contribution in [3.05, 3.63) is 22.2 Å². The molecule has 2 aliphatic heterocycles. The van der Waals surface area contributed by atoms with Crippen LogP contribution in [0.25, 0.3) is 0 Å². The van der Waals surface area contributed by atoms with Gasteiger partial charge in [0.05, 0.1) is 17.1 Å². The Bertz CT molecular complexity index is 507. The summed E-state index contributed by atoms with van der Waals surface area (Å²) >= 11 is 0. The lowest BCUT2D eigenvalue weighted by Gasteiger charge is -2.21. The number of rotatable bonds is 3. The van der Waals surface area contributed by atoms with Crippen molar-refractivity contribution in [1.82, 2.24) is 9.88 Å². The molecule has 0 amide bonds. The molecule has 3 rings (SSSR count). The van der Waals surface area contributed by atoms with E-state index in [2.05, 4.69) is 15.2 Å². The van der Waals surface area contributed by atoms with Crippen molar-refractivity contribution in [1.29, 1.82) is 0 Å². The third kappa shape index (κ3) is 2.33. The number of pyridine rings is 1. The average Bonchev–Trinajstić information content (AvgIpc) is 2.93. The highest BCUT2D eigenvalue weighted by Crippen LogP contribution is 2.30. The molecule has 1 aromatic heterocycles. The van der Waals surface area contributed by atoms with Gasteiger partial charge in [-0.3, -0.25) is 15.0 Å². The number of nitrogens with one attached hydrogen (secondary N) is 1. The minimum Gasteiger partial charge on any atom is -0.383 e. The molecule has 2 aliphatic rings. The second kappa shape index (κ2) is 4.65. The molecular weight excluding hydrogens is 246 g/mol. The minimum absolute atomic E-state index is 0.0173. The number of aromatic nitrogens is 1. The largest absolute Gasteiger partial charge is 0.383 e. The predicted octanol–water partition coefficient (Wildman–Crippen LogP) is 1.22. The average molecular weight is 263 g/mol. The summed E-state index contributed by atoms with van der Waals surface area (Å²) in [6, 6.07) is 3.58. The molecule has 19 heavy (non-hydrogen) atoms. The summed E-state index contributed by atoms with van der Waals surface area (Å²) in [4.78, 5) is 17.0. The van der Waals surface area contributed by atoms with Crippen LogP contribution in [0.15, 0.2) is 12.1 Å². The first-order valence-electron chi connectivity index (χ1n) is 6.56. The molecule has 1 aromatic rings. The molecule has 2 saturated heterocycles. The fourth-order valence-corrected chi connectivity index (χ4v) is 3.16. The first-order chi connectivity index (χ1) is 9.13. The lowest BCUT2D eigenvalue weighted by molar-refractivity contribution is -0.384. The fraction of sp³-hybridized carbons (Fsp3) is 0.583. The molecule has 0 saturated carbocycles. The Morgan fingerprint density at radius 2 is 2.26 bits per heavy atom. The first-order valence-corrected chi connectivity index (χ1v) is 6.56. The zero-order valence-corrected chi connectivity index (χ0v) is 10.6. The van der Waals surface area contributed by atoms with Crippen LogP contribution < -0.4 is 11.1 Å². The number of hydrogen-bond acceptors (Lipinski definition) is 6. The van der Waals surface area contributed by atoms with Gasteiger partial charge in [-0.2, -0.15) is 0 Å². The standard InChI is InChI=1S/C12H17N5O2/c13-11-6-8(17(18)19)7-12(15-11)14-9-3-5-16-4-1-2-10(9)16/h6-7,9-10H,1-5H2,(H3,13,14,15). The monoisotopic (exact) mass is 263 g/mol. The van der Waals surface area contributed by atoms with E-state index < -0.39 is 4.92 Å². The number of nitro groups is 1. The van der Waals surface area contributed by atoms with E-state index in [0.717, 1.165) is 19.5 Å². The predicted molar refractivity (Wildman–Crippen MR) is 71.9 cm³/mol. The van der Waals surface area contributed by atoms with Crippen LogP contribution in [0.5, 0.6) is 0 Å². The van der Waals surface area contributed by atoms with Gasteiger partial charge in [-0.1, -0.05) is 0 Å². The van der Waals surface area contributed by atoms with Crippen molar-refractivity contribution in [2.45, 2.75) is 31.3 Å². The number of fused-ring (bicyclic) bond motifs is 1. The van der Waals surface area contributed by atoms with Gasteiger partial charge >= 0.3 is 0 Å². The lowest BCUT2D eigenvalue weighted by atomic mass is 10.1. The van der Waals surface area contributed by atoms with E-state index in [4.69, 9.17) is 5.73 Å². The molecule has 3 heterocycles. The van der Waals surface area contributed by atoms with Gasteiger partial charge < -0.3 is 11.1 Å². The third-order valence-electron chi connectivity index (χ3n) is 3.98. The summed E-state index contributed by atoms with van der Waals surface area (Å²) in [6.07, 6.45) is 3.46. The van der Waals surface area contributed by atoms with Crippen molar-refractivity contribution in [3.8, 4) is 0 Å². The minimum atomic E-state index is -0.445. The second-order valence-electron chi connectivity index (χ2n) is 5.18. The maximum absolute atomic E-state index is 10.8. The van der Waals surface area contributed by atoms with Crippen LogP contribution in [0.2, 0.25) is 0 Å². The SMILES string of the molecule is Nc1cc([N+](=O)[O-])cc(NC2CCN3CCCC23)n1. The first kappa shape index (κ1) is 12.2. The number of nitrogen functional groups attached to an aromatic ring is 1. The second-order valence-corrected chi connectivity index (χ2v) is 5.18. The van der Waals surface area contributed by atoms with Gasteiger partial charge in [-0.05, 0) is 25.8 Å². The van der Waals surface area contributed by atoms with E-state index >= 15 is 0 Å². The fourth-order valence-electron chi connectivity index (χ4n) is 3.16. The van der Waals surface area contributed by atoms with Gasteiger partial charge in [0.1, 0.15) is 11.6 Å². The molecule has 0 spiro atoms. The molecule has 7 heteroatoms. The molecule has 0 aromatic carbocycles. The van der Waals surface area contributed by atoms with Crippen LogP contribution in [0, 0.1) is 10.1 Å². The van der Waals surface area contributed by atoms with Gasteiger partial charge in [-0.25, -0.2) is 4.98 Å². The Morgan fingerprint density at radius 3 is 3.05 bits per heavy atom. The molecule has 0 radical (unpaired) electrons. The Kier molecular flexibility index (Phi) is 2.98. The summed E-state index contributed by atoms with van der Waals surface area (Å²) in [5, 5.41) is 14.1. The number of hydrogen-bond donors (Lipinski definition) is 2. The molecule has 3 N–H and O–H groups in total. The maximum Gasteiger partial charge on any atom is 0.276 e. The Morgan fingerprint density at radius 1 is 1.42 bits per heavy atom. The van der Waals surface area contributed by atoms with E-state index in [9.17, 15) is 10.1 Å². The molecule has 0 bridgehead atoms. The third-order valence-corrected chi connectivity index (χ3v) is 3.98. The van der Waals surface area contributed by atoms with Gasteiger partial charge in [0.25, 0.3) is 5.69 Å². The van der Waals surface area contributed by atoms with E-state index in [1.807, 2.05) is 0 Å². The van der Waals surface area contributed by atoms with Gasteiger partial charge in [0.2, 0.25) is 0 Å². The summed E-state index contributed by atoms with van der Waals surface area (Å²) < 4.78 is 0. The van der Waals surface area contributed by atoms with Gasteiger partial charge in [-0.15, -0.1) is 0 Å². The van der Waals surface area contributed by atoms with Crippen molar-refractivity contribution in [2.24, 2.45) is 0 Å². The number of anilines is 2. The van der Waals surface area contributed by atoms with Crippen LogP contribution in [-0.2, 0) is 0 Å². The smallest absolute Gasteiger partial charge is 0.276 e. The summed E-state index contributed by atoms with van der Waals surface area (Å²) in [5.41, 5.74) is 5.59. The van der Waals surface area contributed by atoms with E-state index in [0.29, 0.717) is 17.9 Å². The van der Waals surface area contributed by atoms with Crippen molar-refractivity contribution in [2.75, 3.05) is 24.1 Å². The topological polar surface area (TPSA) is 97.3 Å². The van der Waals surface area contributed by atoms with Crippen molar-refractivity contribution >= 4 is 17.3 Å². The van der Waals surface area contributed by atoms with Crippen molar-refractivity contribution in [3.63, 3.8) is 0 Å². The van der Waals surface area contributed by atoms with Crippen LogP contribution in [0.3, 0.4) is 0 Å². The molecule has 2 fully saturated rings. The number of nitrogens with zero attached hydrogens (tertiary/aromatic N) is 3. The molecule has 2 atom stereocenters. The van der Waals surface area contributed by atoms with E-state index in [-0.39, 0.29) is 11.5 Å². The van der Waals surface area contributed by atoms with Crippen LogP contribution in [0.4, 0.5) is 17.3 Å². The van der Waals surface area contributed by atoms with Gasteiger partial charge in [0, 0.05) is 18.6 Å². The maximum atomic E-state index is 10.8. The molecule has 102 valence electrons. The highest BCUT2D eigenvalue weighted by Gasteiger charge is 2.37. The summed E-state index contributed by atoms with van der Waals surface area (Å²) in [6.45, 7) is 2.25.